The van der Waals surface area contributed by atoms with E-state index in [1.165, 1.54) is 0 Å². The van der Waals surface area contributed by atoms with Crippen molar-refractivity contribution in [2.45, 2.75) is 0 Å². The average Bonchev–Trinajstić information content (AvgIpc) is 3.94. The summed E-state index contributed by atoms with van der Waals surface area (Å²) in [5.74, 6) is 0.335. The Morgan fingerprint density at radius 3 is 1.69 bits per heavy atom. The van der Waals surface area contributed by atoms with E-state index < -0.39 is 0 Å². The maximum absolute atomic E-state index is 10.9. The van der Waals surface area contributed by atoms with Crippen LogP contribution in [0.5, 0.6) is 17.2 Å². The molecule has 244 valence electrons. The molecule has 0 amide bonds. The molecule has 3 aromatic heterocycles. The van der Waals surface area contributed by atoms with Gasteiger partial charge in [0.15, 0.2) is 0 Å². The molecule has 51 heavy (non-hydrogen) atoms. The number of rotatable bonds is 4. The topological polar surface area (TPSA) is 107 Å². The van der Waals surface area contributed by atoms with Crippen LogP contribution in [0.4, 0.5) is 0 Å². The van der Waals surface area contributed by atoms with Crippen LogP contribution in [0.15, 0.2) is 133 Å². The summed E-state index contributed by atoms with van der Waals surface area (Å²) in [5.41, 5.74) is 11.9. The van der Waals surface area contributed by atoms with Crippen LogP contribution in [-0.2, 0) is 0 Å². The quantitative estimate of drug-likeness (QED) is 0.150. The van der Waals surface area contributed by atoms with Gasteiger partial charge >= 0.3 is 0 Å². The fourth-order valence-corrected chi connectivity index (χ4v) is 6.98. The van der Waals surface area contributed by atoms with Crippen LogP contribution in [-0.4, -0.2) is 34.8 Å². The lowest BCUT2D eigenvalue weighted by molar-refractivity contribution is 0.474. The zero-order chi connectivity index (χ0) is 34.5. The number of hydrogen-bond acceptors (Lipinski definition) is 5. The minimum Gasteiger partial charge on any atom is -0.508 e. The Morgan fingerprint density at radius 2 is 1.02 bits per heavy atom. The highest BCUT2D eigenvalue weighted by Gasteiger charge is 2.26. The number of phenolic OH excluding ortho intramolecular Hbond substituents is 3. The highest BCUT2D eigenvalue weighted by atomic mass is 16.3. The molecule has 7 aromatic rings. The molecular formula is C44H30N4O3. The second-order valence-corrected chi connectivity index (χ2v) is 12.5. The van der Waals surface area contributed by atoms with Gasteiger partial charge in [-0.05, 0) is 108 Å². The molecule has 7 nitrogen and oxygen atoms in total. The first-order valence-corrected chi connectivity index (χ1v) is 16.6. The van der Waals surface area contributed by atoms with Crippen molar-refractivity contribution in [3.8, 4) is 56.3 Å². The predicted octanol–water partition coefficient (Wildman–Crippen LogP) is 10.2. The van der Waals surface area contributed by atoms with Gasteiger partial charge in [0.25, 0.3) is 0 Å². The van der Waals surface area contributed by atoms with Gasteiger partial charge in [-0.15, -0.1) is 0 Å². The number of fused-ring (bicyclic) bond motifs is 8. The van der Waals surface area contributed by atoms with Crippen LogP contribution in [0, 0.1) is 0 Å². The van der Waals surface area contributed by atoms with Gasteiger partial charge in [-0.2, -0.15) is 0 Å². The van der Waals surface area contributed by atoms with Gasteiger partial charge in [0, 0.05) is 39.5 Å². The molecule has 2 aliphatic rings. The molecule has 8 bridgehead atoms. The minimum absolute atomic E-state index is 0.107. The molecule has 4 aromatic carbocycles. The predicted molar refractivity (Wildman–Crippen MR) is 205 cm³/mol. The summed E-state index contributed by atoms with van der Waals surface area (Å²) in [6, 6.07) is 41.7. The van der Waals surface area contributed by atoms with Crippen molar-refractivity contribution in [1.82, 2.24) is 19.5 Å². The smallest absolute Gasteiger partial charge is 0.117 e. The van der Waals surface area contributed by atoms with Gasteiger partial charge in [-0.1, -0.05) is 60.7 Å². The Balaban J connectivity index is 1.62. The van der Waals surface area contributed by atoms with Gasteiger partial charge < -0.3 is 24.9 Å². The van der Waals surface area contributed by atoms with Crippen molar-refractivity contribution >= 4 is 46.4 Å². The standard InChI is InChI=1S/C44H30N4O3/c49-36-12-4-9-28(21-36)42-40-25-34-18-17-31(46-34)23-30-15-16-32(45-30)24-33-19-20-39(47-33)41(27-7-2-1-3-8-27)44(43(42)29-10-5-13-37(50)22-29)48(40)35-11-6-14-38(51)26-35/h1-26,45,49-51H. The zero-order valence-corrected chi connectivity index (χ0v) is 27.2. The largest absolute Gasteiger partial charge is 0.508 e. The van der Waals surface area contributed by atoms with E-state index >= 15 is 0 Å². The maximum atomic E-state index is 10.9. The summed E-state index contributed by atoms with van der Waals surface area (Å²) in [5, 5.41) is 32.7. The summed E-state index contributed by atoms with van der Waals surface area (Å²) in [6.45, 7) is 0. The molecule has 7 heteroatoms. The Hall–Kier alpha value is -7.12. The van der Waals surface area contributed by atoms with Crippen molar-refractivity contribution < 1.29 is 15.3 Å². The number of aromatic hydroxyl groups is 3. The number of nitrogens with one attached hydrogen (secondary N) is 1. The molecule has 2 aliphatic heterocycles. The molecule has 0 saturated carbocycles. The first-order chi connectivity index (χ1) is 25.0. The second kappa shape index (κ2) is 12.1. The summed E-state index contributed by atoms with van der Waals surface area (Å²) < 4.78 is 2.12. The fraction of sp³-hybridized carbons (Fsp3) is 0. The van der Waals surface area contributed by atoms with Crippen molar-refractivity contribution in [3.05, 3.63) is 156 Å². The lowest BCUT2D eigenvalue weighted by Gasteiger charge is -2.14. The lowest BCUT2D eigenvalue weighted by Crippen LogP contribution is -1.97. The van der Waals surface area contributed by atoms with E-state index in [9.17, 15) is 15.3 Å². The molecule has 9 rings (SSSR count). The summed E-state index contributed by atoms with van der Waals surface area (Å²) in [4.78, 5) is 13.7. The fourth-order valence-electron chi connectivity index (χ4n) is 6.98. The van der Waals surface area contributed by atoms with Crippen molar-refractivity contribution in [1.29, 1.82) is 0 Å². The normalized spacial score (nSPS) is 12.0. The Labute approximate surface area is 293 Å². The van der Waals surface area contributed by atoms with E-state index in [2.05, 4.69) is 21.7 Å². The third-order valence-electron chi connectivity index (χ3n) is 9.09. The molecule has 0 atom stereocenters. The van der Waals surface area contributed by atoms with Gasteiger partial charge in [0.2, 0.25) is 0 Å². The van der Waals surface area contributed by atoms with Crippen molar-refractivity contribution in [2.24, 2.45) is 0 Å². The average molecular weight is 663 g/mol. The molecule has 0 spiro atoms. The van der Waals surface area contributed by atoms with E-state index in [1.54, 1.807) is 36.4 Å². The number of hydrogen-bond donors (Lipinski definition) is 4. The number of H-pyrrole nitrogens is 1. The van der Waals surface area contributed by atoms with E-state index in [4.69, 9.17) is 9.97 Å². The monoisotopic (exact) mass is 662 g/mol. The minimum atomic E-state index is 0.107. The van der Waals surface area contributed by atoms with Crippen molar-refractivity contribution in [3.63, 3.8) is 0 Å². The van der Waals surface area contributed by atoms with E-state index in [1.807, 2.05) is 109 Å². The molecule has 5 heterocycles. The first-order valence-electron chi connectivity index (χ1n) is 16.6. The summed E-state index contributed by atoms with van der Waals surface area (Å²) in [6.07, 6.45) is 7.99. The molecule has 0 fully saturated rings. The molecule has 4 N–H and O–H groups in total. The Bertz CT molecular complexity index is 2740. The van der Waals surface area contributed by atoms with Crippen LogP contribution in [0.1, 0.15) is 22.8 Å². The SMILES string of the molecule is Oc1cccc(-c2c(-c3cccc(O)c3)c3c(-c4ccccc4)c4nc(cc5ccc(cc6nc(cc2n3-c2cccc(O)c2)C=C6)[nH]5)C=C4)c1. The Morgan fingerprint density at radius 1 is 0.451 bits per heavy atom. The van der Waals surface area contributed by atoms with Crippen LogP contribution < -0.4 is 0 Å². The summed E-state index contributed by atoms with van der Waals surface area (Å²) in [7, 11) is 0. The van der Waals surface area contributed by atoms with Crippen molar-refractivity contribution in [2.75, 3.05) is 0 Å². The molecule has 0 radical (unpaired) electrons. The van der Waals surface area contributed by atoms with E-state index in [0.29, 0.717) is 5.69 Å². The summed E-state index contributed by atoms with van der Waals surface area (Å²) >= 11 is 0. The number of aromatic amines is 1. The van der Waals surface area contributed by atoms with Gasteiger partial charge in [-0.3, -0.25) is 0 Å². The molecule has 0 unspecified atom stereocenters. The van der Waals surface area contributed by atoms with Gasteiger partial charge in [0.05, 0.1) is 33.8 Å². The highest BCUT2D eigenvalue weighted by molar-refractivity contribution is 6.11. The first kappa shape index (κ1) is 30.0. The maximum Gasteiger partial charge on any atom is 0.117 e. The van der Waals surface area contributed by atoms with Gasteiger partial charge in [0.1, 0.15) is 17.2 Å². The van der Waals surface area contributed by atoms with Gasteiger partial charge in [-0.25, -0.2) is 9.97 Å². The zero-order valence-electron chi connectivity index (χ0n) is 27.2. The van der Waals surface area contributed by atoms with Crippen LogP contribution in [0.2, 0.25) is 0 Å². The molecular weight excluding hydrogens is 633 g/mol. The lowest BCUT2D eigenvalue weighted by atomic mass is 9.93. The molecule has 0 saturated heterocycles. The van der Waals surface area contributed by atoms with Crippen LogP contribution in [0.25, 0.3) is 85.4 Å². The number of nitrogens with zero attached hydrogens (tertiary/aromatic N) is 3. The van der Waals surface area contributed by atoms with E-state index in [-0.39, 0.29) is 17.2 Å². The second-order valence-electron chi connectivity index (χ2n) is 12.5. The molecule has 0 aliphatic carbocycles. The van der Waals surface area contributed by atoms with Crippen LogP contribution in [0.3, 0.4) is 0 Å². The number of phenols is 3. The Kier molecular flexibility index (Phi) is 7.10. The highest BCUT2D eigenvalue weighted by Crippen LogP contribution is 2.48. The number of aromatic nitrogens is 4. The third-order valence-corrected chi connectivity index (χ3v) is 9.09. The number of benzene rings is 4. The third kappa shape index (κ3) is 5.53. The van der Waals surface area contributed by atoms with E-state index in [0.717, 1.165) is 78.2 Å². The van der Waals surface area contributed by atoms with Crippen LogP contribution >= 0.6 is 0 Å².